The normalized spacial score (nSPS) is 11.6. The number of nitrogens with one attached hydrogen (secondary N) is 1. The number of nitrogens with two attached hydrogens (primary N) is 1. The Bertz CT molecular complexity index is 384. The third-order valence-electron chi connectivity index (χ3n) is 2.23. The predicted molar refractivity (Wildman–Crippen MR) is 77.8 cm³/mol. The lowest BCUT2D eigenvalue weighted by Crippen LogP contribution is -2.24. The first-order chi connectivity index (χ1) is 7.40. The molecule has 1 rings (SSSR count). The number of hydrogen-bond donors (Lipinski definition) is 2. The molecule has 1 aromatic rings. The van der Waals surface area contributed by atoms with E-state index in [1.807, 2.05) is 32.9 Å². The van der Waals surface area contributed by atoms with Gasteiger partial charge in [0.1, 0.15) is 0 Å². The Morgan fingerprint density at radius 2 is 1.88 bits per heavy atom. The molecule has 17 heavy (non-hydrogen) atoms. The number of carbonyl (C=O) groups is 1. The maximum absolute atomic E-state index is 11.5. The quantitative estimate of drug-likeness (QED) is 0.898. The molecule has 5 heteroatoms. The van der Waals surface area contributed by atoms with Gasteiger partial charge in [-0.3, -0.25) is 4.79 Å². The maximum atomic E-state index is 11.5. The molecular weight excluding hydrogens is 304 g/mol. The molecule has 3 nitrogen and oxygen atoms in total. The summed E-state index contributed by atoms with van der Waals surface area (Å²) >= 11 is 3.49. The second-order valence-electron chi connectivity index (χ2n) is 4.15. The number of halogens is 2. The van der Waals surface area contributed by atoms with E-state index in [1.165, 1.54) is 0 Å². The topological polar surface area (TPSA) is 55.1 Å². The average Bonchev–Trinajstić information content (AvgIpc) is 2.12. The van der Waals surface area contributed by atoms with Crippen molar-refractivity contribution in [3.05, 3.63) is 27.7 Å². The van der Waals surface area contributed by atoms with Crippen LogP contribution < -0.4 is 11.1 Å². The molecule has 0 heterocycles. The highest BCUT2D eigenvalue weighted by atomic mass is 79.9. The van der Waals surface area contributed by atoms with Crippen molar-refractivity contribution in [3.63, 3.8) is 0 Å². The summed E-state index contributed by atoms with van der Waals surface area (Å²) in [4.78, 5) is 11.5. The number of anilines is 1. The van der Waals surface area contributed by atoms with Crippen LogP contribution in [0.4, 0.5) is 5.69 Å². The fraction of sp³-hybridized carbons (Fsp3) is 0.417. The smallest absolute Gasteiger partial charge is 0.225 e. The number of hydrogen-bond acceptors (Lipinski definition) is 2. The van der Waals surface area contributed by atoms with Crippen molar-refractivity contribution in [2.24, 2.45) is 5.73 Å². The van der Waals surface area contributed by atoms with Crippen LogP contribution in [-0.4, -0.2) is 11.9 Å². The minimum absolute atomic E-state index is 0. The highest BCUT2D eigenvalue weighted by Gasteiger charge is 2.07. The van der Waals surface area contributed by atoms with E-state index in [0.29, 0.717) is 6.42 Å². The average molecular weight is 322 g/mol. The van der Waals surface area contributed by atoms with Gasteiger partial charge < -0.3 is 11.1 Å². The summed E-state index contributed by atoms with van der Waals surface area (Å²) in [7, 11) is 0. The van der Waals surface area contributed by atoms with Crippen molar-refractivity contribution in [3.8, 4) is 0 Å². The molecule has 0 saturated carbocycles. The van der Waals surface area contributed by atoms with Crippen LogP contribution in [0.15, 0.2) is 16.6 Å². The van der Waals surface area contributed by atoms with Crippen LogP contribution in [0.1, 0.15) is 24.5 Å². The summed E-state index contributed by atoms with van der Waals surface area (Å²) in [5.41, 5.74) is 8.60. The lowest BCUT2D eigenvalue weighted by Gasteiger charge is -2.10. The predicted octanol–water partition coefficient (Wildman–Crippen LogP) is 3.16. The zero-order valence-electron chi connectivity index (χ0n) is 10.2. The molecule has 1 unspecified atom stereocenters. The Morgan fingerprint density at radius 1 is 1.41 bits per heavy atom. The molecular formula is C12H18BrClN2O. The summed E-state index contributed by atoms with van der Waals surface area (Å²) in [5.74, 6) is -0.0453. The van der Waals surface area contributed by atoms with E-state index >= 15 is 0 Å². The van der Waals surface area contributed by atoms with E-state index in [-0.39, 0.29) is 24.4 Å². The monoisotopic (exact) mass is 320 g/mol. The van der Waals surface area contributed by atoms with Crippen molar-refractivity contribution >= 4 is 39.9 Å². The molecule has 0 bridgehead atoms. The highest BCUT2D eigenvalue weighted by Crippen LogP contribution is 2.25. The molecule has 96 valence electrons. The van der Waals surface area contributed by atoms with Crippen LogP contribution in [0.25, 0.3) is 0 Å². The van der Waals surface area contributed by atoms with E-state index in [2.05, 4.69) is 21.2 Å². The number of carbonyl (C=O) groups excluding carboxylic acids is 1. The van der Waals surface area contributed by atoms with Gasteiger partial charge >= 0.3 is 0 Å². The minimum atomic E-state index is -0.113. The molecule has 1 aromatic carbocycles. The van der Waals surface area contributed by atoms with Crippen LogP contribution in [0, 0.1) is 13.8 Å². The highest BCUT2D eigenvalue weighted by molar-refractivity contribution is 9.10. The van der Waals surface area contributed by atoms with Gasteiger partial charge in [0.25, 0.3) is 0 Å². The molecule has 0 spiro atoms. The largest absolute Gasteiger partial charge is 0.327 e. The molecule has 0 aliphatic rings. The summed E-state index contributed by atoms with van der Waals surface area (Å²) in [5, 5.41) is 2.84. The van der Waals surface area contributed by atoms with Gasteiger partial charge in [-0.05, 0) is 44.0 Å². The van der Waals surface area contributed by atoms with Gasteiger partial charge in [0.15, 0.2) is 0 Å². The van der Waals surface area contributed by atoms with Crippen LogP contribution in [0.3, 0.4) is 0 Å². The van der Waals surface area contributed by atoms with E-state index in [4.69, 9.17) is 5.73 Å². The van der Waals surface area contributed by atoms with Crippen molar-refractivity contribution in [2.75, 3.05) is 5.32 Å². The lowest BCUT2D eigenvalue weighted by atomic mass is 10.1. The lowest BCUT2D eigenvalue weighted by molar-refractivity contribution is -0.116. The third-order valence-corrected chi connectivity index (χ3v) is 3.48. The van der Waals surface area contributed by atoms with E-state index in [9.17, 15) is 4.79 Å². The second kappa shape index (κ2) is 6.99. The Hall–Kier alpha value is -0.580. The van der Waals surface area contributed by atoms with Gasteiger partial charge in [0, 0.05) is 22.6 Å². The fourth-order valence-electron chi connectivity index (χ4n) is 1.52. The van der Waals surface area contributed by atoms with Crippen molar-refractivity contribution in [2.45, 2.75) is 33.2 Å². The van der Waals surface area contributed by atoms with Crippen LogP contribution in [-0.2, 0) is 4.79 Å². The Kier molecular flexibility index (Phi) is 6.75. The first-order valence-electron chi connectivity index (χ1n) is 5.22. The number of benzene rings is 1. The van der Waals surface area contributed by atoms with Gasteiger partial charge in [0.05, 0.1) is 0 Å². The molecule has 0 fully saturated rings. The first kappa shape index (κ1) is 16.4. The van der Waals surface area contributed by atoms with Crippen LogP contribution in [0.2, 0.25) is 0 Å². The zero-order chi connectivity index (χ0) is 12.3. The third kappa shape index (κ3) is 5.06. The molecule has 0 aliphatic carbocycles. The van der Waals surface area contributed by atoms with Gasteiger partial charge in [-0.2, -0.15) is 0 Å². The zero-order valence-corrected chi connectivity index (χ0v) is 12.6. The SMILES string of the molecule is Cc1cc(NC(=O)CC(C)N)cc(C)c1Br.Cl. The molecule has 0 aromatic heterocycles. The molecule has 0 saturated heterocycles. The van der Waals surface area contributed by atoms with E-state index in [1.54, 1.807) is 0 Å². The minimum Gasteiger partial charge on any atom is -0.327 e. The first-order valence-corrected chi connectivity index (χ1v) is 6.01. The molecule has 1 atom stereocenters. The maximum Gasteiger partial charge on any atom is 0.225 e. The van der Waals surface area contributed by atoms with Gasteiger partial charge in [-0.1, -0.05) is 15.9 Å². The van der Waals surface area contributed by atoms with E-state index < -0.39 is 0 Å². The summed E-state index contributed by atoms with van der Waals surface area (Å²) in [6.45, 7) is 5.81. The molecule has 0 radical (unpaired) electrons. The standard InChI is InChI=1S/C12H17BrN2O.ClH/c1-7-4-10(5-8(2)12(7)13)15-11(16)6-9(3)14;/h4-5,9H,6,14H2,1-3H3,(H,15,16);1H. The van der Waals surface area contributed by atoms with Crippen molar-refractivity contribution < 1.29 is 4.79 Å². The van der Waals surface area contributed by atoms with Crippen LogP contribution in [0.5, 0.6) is 0 Å². The number of rotatable bonds is 3. The van der Waals surface area contributed by atoms with Crippen molar-refractivity contribution in [1.29, 1.82) is 0 Å². The van der Waals surface area contributed by atoms with Gasteiger partial charge in [-0.15, -0.1) is 12.4 Å². The van der Waals surface area contributed by atoms with Gasteiger partial charge in [-0.25, -0.2) is 0 Å². The summed E-state index contributed by atoms with van der Waals surface area (Å²) in [6.07, 6.45) is 0.341. The summed E-state index contributed by atoms with van der Waals surface area (Å²) < 4.78 is 1.08. The number of amides is 1. The van der Waals surface area contributed by atoms with Gasteiger partial charge in [0.2, 0.25) is 5.91 Å². The Labute approximate surface area is 117 Å². The molecule has 0 aliphatic heterocycles. The van der Waals surface area contributed by atoms with E-state index in [0.717, 1.165) is 21.3 Å². The Balaban J connectivity index is 0.00000256. The fourth-order valence-corrected chi connectivity index (χ4v) is 1.75. The molecule has 3 N–H and O–H groups in total. The number of aryl methyl sites for hydroxylation is 2. The second-order valence-corrected chi connectivity index (χ2v) is 4.95. The Morgan fingerprint density at radius 3 is 2.29 bits per heavy atom. The van der Waals surface area contributed by atoms with Crippen molar-refractivity contribution in [1.82, 2.24) is 0 Å². The summed E-state index contributed by atoms with van der Waals surface area (Å²) in [6, 6.07) is 3.77. The van der Waals surface area contributed by atoms with Crippen LogP contribution >= 0.6 is 28.3 Å². The molecule has 1 amide bonds.